The van der Waals surface area contributed by atoms with Gasteiger partial charge in [0, 0.05) is 12.5 Å². The first-order valence-electron chi connectivity index (χ1n) is 7.52. The van der Waals surface area contributed by atoms with E-state index < -0.39 is 12.1 Å². The van der Waals surface area contributed by atoms with Crippen LogP contribution in [0, 0.1) is 0 Å². The molecule has 1 aliphatic rings. The average molecular weight is 355 g/mol. The molecule has 3 rings (SSSR count). The predicted octanol–water partition coefficient (Wildman–Crippen LogP) is 0.623. The maximum absolute atomic E-state index is 12.2. The number of nitrogens with zero attached hydrogens (tertiary/aromatic N) is 3. The fourth-order valence-electron chi connectivity index (χ4n) is 2.84. The number of Topliss-reactive ketones (excluding diaryl/α,β-unsaturated/α-hetero) is 1. The minimum absolute atomic E-state index is 0. The lowest BCUT2D eigenvalue weighted by Crippen LogP contribution is -2.46. The van der Waals surface area contributed by atoms with Crippen molar-refractivity contribution in [2.75, 3.05) is 6.54 Å². The number of aromatic nitrogens is 3. The molecule has 0 amide bonds. The largest absolute Gasteiger partial charge is 0.477 e. The normalized spacial score (nSPS) is 20.5. The maximum Gasteiger partial charge on any atom is 0.354 e. The van der Waals surface area contributed by atoms with Gasteiger partial charge in [0.05, 0.1) is 36.2 Å². The van der Waals surface area contributed by atoms with Crippen LogP contribution in [-0.4, -0.2) is 55.2 Å². The van der Waals surface area contributed by atoms with E-state index in [1.54, 1.807) is 4.57 Å². The number of imidazole rings is 1. The third-order valence-corrected chi connectivity index (χ3v) is 4.07. The van der Waals surface area contributed by atoms with Gasteiger partial charge in [0.25, 0.3) is 0 Å². The van der Waals surface area contributed by atoms with Crippen molar-refractivity contribution >= 4 is 35.2 Å². The van der Waals surface area contributed by atoms with Gasteiger partial charge in [-0.1, -0.05) is 0 Å². The number of aromatic carboxylic acids is 1. The second-order valence-electron chi connectivity index (χ2n) is 5.75. The molecular formula is C15H19ClN4O4. The number of hydrogen-bond acceptors (Lipinski definition) is 6. The molecule has 2 aromatic heterocycles. The molecule has 0 aromatic carbocycles. The molecule has 3 N–H and O–H groups in total. The fraction of sp³-hybridized carbons (Fsp3) is 0.467. The third kappa shape index (κ3) is 3.89. The number of carboxylic acids is 1. The Labute approximate surface area is 144 Å². The van der Waals surface area contributed by atoms with E-state index in [0.717, 1.165) is 13.0 Å². The molecule has 0 radical (unpaired) electrons. The topological polar surface area (TPSA) is 117 Å². The summed E-state index contributed by atoms with van der Waals surface area (Å²) in [6.45, 7) is 0.931. The number of piperidine rings is 1. The van der Waals surface area contributed by atoms with Gasteiger partial charge in [-0.25, -0.2) is 14.8 Å². The maximum atomic E-state index is 12.2. The molecule has 0 aliphatic carbocycles. The predicted molar refractivity (Wildman–Crippen MR) is 88.4 cm³/mol. The Morgan fingerprint density at radius 1 is 1.38 bits per heavy atom. The highest BCUT2D eigenvalue weighted by molar-refractivity contribution is 5.90. The van der Waals surface area contributed by atoms with Crippen LogP contribution in [0.25, 0.3) is 11.0 Å². The van der Waals surface area contributed by atoms with Crippen LogP contribution >= 0.6 is 12.4 Å². The van der Waals surface area contributed by atoms with Crippen LogP contribution in [0.2, 0.25) is 0 Å². The van der Waals surface area contributed by atoms with E-state index in [1.807, 2.05) is 0 Å². The van der Waals surface area contributed by atoms with Crippen LogP contribution in [0.3, 0.4) is 0 Å². The summed E-state index contributed by atoms with van der Waals surface area (Å²) in [4.78, 5) is 31.1. The lowest BCUT2D eigenvalue weighted by molar-refractivity contribution is -0.121. The fourth-order valence-corrected chi connectivity index (χ4v) is 2.84. The van der Waals surface area contributed by atoms with E-state index in [1.165, 1.54) is 18.6 Å². The van der Waals surface area contributed by atoms with E-state index in [9.17, 15) is 14.7 Å². The van der Waals surface area contributed by atoms with Crippen molar-refractivity contribution in [1.29, 1.82) is 0 Å². The van der Waals surface area contributed by atoms with Gasteiger partial charge < -0.3 is 20.1 Å². The van der Waals surface area contributed by atoms with E-state index in [0.29, 0.717) is 17.5 Å². The number of hydrogen-bond donors (Lipinski definition) is 3. The van der Waals surface area contributed by atoms with Gasteiger partial charge >= 0.3 is 5.97 Å². The highest BCUT2D eigenvalue weighted by Gasteiger charge is 2.25. The highest BCUT2D eigenvalue weighted by Crippen LogP contribution is 2.15. The Morgan fingerprint density at radius 2 is 2.17 bits per heavy atom. The Hall–Kier alpha value is -2.03. The number of ketones is 1. The van der Waals surface area contributed by atoms with Gasteiger partial charge in [-0.15, -0.1) is 12.4 Å². The summed E-state index contributed by atoms with van der Waals surface area (Å²) in [6.07, 6.45) is 4.29. The van der Waals surface area contributed by atoms with Gasteiger partial charge in [-0.05, 0) is 25.5 Å². The van der Waals surface area contributed by atoms with Crippen molar-refractivity contribution in [3.8, 4) is 0 Å². The molecule has 0 bridgehead atoms. The molecule has 1 fully saturated rings. The van der Waals surface area contributed by atoms with E-state index >= 15 is 0 Å². The smallest absolute Gasteiger partial charge is 0.354 e. The second kappa shape index (κ2) is 7.69. The first kappa shape index (κ1) is 18.3. The van der Waals surface area contributed by atoms with Crippen LogP contribution in [0.4, 0.5) is 0 Å². The van der Waals surface area contributed by atoms with Crippen LogP contribution < -0.4 is 5.32 Å². The van der Waals surface area contributed by atoms with Crippen molar-refractivity contribution in [2.24, 2.45) is 0 Å². The molecular weight excluding hydrogens is 336 g/mol. The Bertz CT molecular complexity index is 748. The van der Waals surface area contributed by atoms with Crippen molar-refractivity contribution < 1.29 is 19.8 Å². The number of carboxylic acid groups (broad SMARTS) is 1. The zero-order chi connectivity index (χ0) is 16.4. The number of aliphatic hydroxyl groups is 1. The summed E-state index contributed by atoms with van der Waals surface area (Å²) in [7, 11) is 0. The van der Waals surface area contributed by atoms with Gasteiger partial charge in [0.1, 0.15) is 5.69 Å². The van der Waals surface area contributed by atoms with Crippen LogP contribution in [-0.2, 0) is 11.3 Å². The summed E-state index contributed by atoms with van der Waals surface area (Å²) in [5.41, 5.74) is 1.02. The number of nitrogens with one attached hydrogen (secondary N) is 1. The number of pyridine rings is 1. The van der Waals surface area contributed by atoms with Crippen LogP contribution in [0.5, 0.6) is 0 Å². The highest BCUT2D eigenvalue weighted by atomic mass is 35.5. The molecule has 2 atom stereocenters. The standard InChI is InChI=1S/C15H18N4O4.ClH/c20-9(4-11-14(21)2-1-3-16-11)7-19-8-18-10-5-12(15(22)23)17-6-13(10)19;/h5-6,8,11,14,16,21H,1-4,7H2,(H,22,23);1H/t11-,14+;/m1./s1. The Kier molecular flexibility index (Phi) is 5.87. The minimum atomic E-state index is -1.12. The molecule has 2 aromatic rings. The number of carbonyl (C=O) groups is 2. The first-order valence-corrected chi connectivity index (χ1v) is 7.52. The second-order valence-corrected chi connectivity index (χ2v) is 5.75. The van der Waals surface area contributed by atoms with Gasteiger partial charge in [-0.3, -0.25) is 4.79 Å². The van der Waals surface area contributed by atoms with Crippen molar-refractivity contribution in [3.63, 3.8) is 0 Å². The molecule has 9 heteroatoms. The summed E-state index contributed by atoms with van der Waals surface area (Å²) in [5, 5.41) is 22.0. The number of carbonyl (C=O) groups excluding carboxylic acids is 1. The monoisotopic (exact) mass is 354 g/mol. The zero-order valence-electron chi connectivity index (χ0n) is 12.9. The Morgan fingerprint density at radius 3 is 2.88 bits per heavy atom. The van der Waals surface area contributed by atoms with Gasteiger partial charge in [0.15, 0.2) is 5.78 Å². The van der Waals surface area contributed by atoms with Crippen molar-refractivity contribution in [2.45, 2.75) is 38.0 Å². The molecule has 8 nitrogen and oxygen atoms in total. The summed E-state index contributed by atoms with van der Waals surface area (Å²) in [5.74, 6) is -1.14. The van der Waals surface area contributed by atoms with Crippen LogP contribution in [0.1, 0.15) is 29.8 Å². The van der Waals surface area contributed by atoms with Crippen molar-refractivity contribution in [1.82, 2.24) is 19.9 Å². The third-order valence-electron chi connectivity index (χ3n) is 4.07. The minimum Gasteiger partial charge on any atom is -0.477 e. The molecule has 24 heavy (non-hydrogen) atoms. The molecule has 1 saturated heterocycles. The summed E-state index contributed by atoms with van der Waals surface area (Å²) >= 11 is 0. The summed E-state index contributed by atoms with van der Waals surface area (Å²) < 4.78 is 1.64. The van der Waals surface area contributed by atoms with Gasteiger partial charge in [0.2, 0.25) is 0 Å². The van der Waals surface area contributed by atoms with E-state index in [2.05, 4.69) is 15.3 Å². The zero-order valence-corrected chi connectivity index (χ0v) is 13.7. The van der Waals surface area contributed by atoms with Gasteiger partial charge in [-0.2, -0.15) is 0 Å². The number of halogens is 1. The number of aliphatic hydroxyl groups excluding tert-OH is 1. The SMILES string of the molecule is Cl.O=C(C[C@H]1NCCC[C@@H]1O)Cn1cnc2cc(C(=O)O)ncc21. The van der Waals surface area contributed by atoms with E-state index in [4.69, 9.17) is 5.11 Å². The summed E-state index contributed by atoms with van der Waals surface area (Å²) in [6, 6.07) is 1.17. The number of fused-ring (bicyclic) bond motifs is 1. The molecule has 1 aliphatic heterocycles. The quantitative estimate of drug-likeness (QED) is 0.720. The Balaban J connectivity index is 0.00000208. The molecule has 0 spiro atoms. The molecule has 0 saturated carbocycles. The lowest BCUT2D eigenvalue weighted by atomic mass is 9.97. The average Bonchev–Trinajstić information content (AvgIpc) is 2.92. The molecule has 0 unspecified atom stereocenters. The molecule has 3 heterocycles. The van der Waals surface area contributed by atoms with Crippen LogP contribution in [0.15, 0.2) is 18.6 Å². The van der Waals surface area contributed by atoms with Crippen molar-refractivity contribution in [3.05, 3.63) is 24.3 Å². The van der Waals surface area contributed by atoms with E-state index in [-0.39, 0.29) is 42.9 Å². The first-order chi connectivity index (χ1) is 11.0. The lowest BCUT2D eigenvalue weighted by Gasteiger charge is -2.28. The molecule has 130 valence electrons. The number of rotatable bonds is 5.